The molecular formula is C28H25ClN9NaO9S3. The number of likely N-dealkylation sites (N-methyl/N-ethyl adjacent to an activating group) is 1. The summed E-state index contributed by atoms with van der Waals surface area (Å²) in [5, 5.41) is 27.7. The molecule has 1 aromatic heterocycles. The fourth-order valence-corrected chi connectivity index (χ4v) is 8.16. The van der Waals surface area contributed by atoms with E-state index in [0.29, 0.717) is 0 Å². The predicted octanol–water partition coefficient (Wildman–Crippen LogP) is -5.28. The molecule has 1 unspecified atom stereocenters. The zero-order chi connectivity index (χ0) is 36.3. The van der Waals surface area contributed by atoms with Crippen LogP contribution in [0.25, 0.3) is 0 Å². The number of alkyl halides is 1. The van der Waals surface area contributed by atoms with Gasteiger partial charge in [-0.1, -0.05) is 53.9 Å². The van der Waals surface area contributed by atoms with Gasteiger partial charge in [-0.15, -0.1) is 33.6 Å². The third-order valence-corrected chi connectivity index (χ3v) is 10.8. The standard InChI is InChI=1S/C28H26ClN9O9S3.Na/c1-2-35-8-9-36(23(44)22(35)43)37(13-40)17(14-6-4-3-5-7-14)20(42)32-28(30-12-39)25(47)38-18(24(45)46)15(11-49-26(28)38)19(48)21-33-34-27(50-21)31-16(41)10-29;/h3-7,12-13,17,26H,2,8-11H2,1H3,(H,30,39)(H,32,42)(H,45,46)(H,31,34,41);/q;+1/p-1/t17?,26-,28+;/m0./s1. The molecule has 0 saturated carbocycles. The Morgan fingerprint density at radius 2 is 1.86 bits per heavy atom. The Hall–Kier alpha value is -3.99. The number of halogens is 1. The Kier molecular flexibility index (Phi) is 12.9. The molecule has 3 N–H and O–H groups in total. The van der Waals surface area contributed by atoms with Crippen molar-refractivity contribution in [2.45, 2.75) is 24.0 Å². The van der Waals surface area contributed by atoms with E-state index in [1.54, 1.807) is 25.1 Å². The van der Waals surface area contributed by atoms with Gasteiger partial charge in [0.25, 0.3) is 11.8 Å². The van der Waals surface area contributed by atoms with E-state index in [9.17, 15) is 43.5 Å². The minimum atomic E-state index is -2.23. The van der Waals surface area contributed by atoms with Crippen molar-refractivity contribution in [3.63, 3.8) is 0 Å². The Bertz CT molecular complexity index is 1830. The number of fused-ring (bicyclic) bond motifs is 1. The third kappa shape index (κ3) is 7.36. The Morgan fingerprint density at radius 1 is 1.16 bits per heavy atom. The number of hydrogen-bond acceptors (Lipinski definition) is 14. The minimum Gasteiger partial charge on any atom is -0.543 e. The summed E-state index contributed by atoms with van der Waals surface area (Å²) in [6, 6.07) is 6.06. The molecule has 51 heavy (non-hydrogen) atoms. The van der Waals surface area contributed by atoms with Crippen molar-refractivity contribution < 1.29 is 73.0 Å². The van der Waals surface area contributed by atoms with E-state index in [1.807, 2.05) is 0 Å². The molecule has 0 radical (unpaired) electrons. The molecule has 0 spiro atoms. The van der Waals surface area contributed by atoms with Crippen molar-refractivity contribution in [2.24, 2.45) is 0 Å². The quantitative estimate of drug-likeness (QED) is 0.0238. The largest absolute Gasteiger partial charge is 1.00 e. The number of β-lactam (4-membered cyclic amide) rings is 1. The van der Waals surface area contributed by atoms with Gasteiger partial charge in [-0.3, -0.25) is 43.8 Å². The van der Waals surface area contributed by atoms with Gasteiger partial charge in [0.15, 0.2) is 11.0 Å². The molecule has 23 heteroatoms. The number of carbonyl (C=O) groups is 8. The zero-order valence-electron chi connectivity index (χ0n) is 26.7. The fraction of sp³-hybridized carbons (Fsp3) is 0.321. The molecule has 1 aromatic carbocycles. The van der Waals surface area contributed by atoms with Crippen molar-refractivity contribution in [3.05, 3.63) is 52.2 Å². The van der Waals surface area contributed by atoms with Gasteiger partial charge in [0.1, 0.15) is 11.3 Å². The topological polar surface area (TPSA) is 234 Å². The van der Waals surface area contributed by atoms with Crippen LogP contribution in [-0.4, -0.2) is 126 Å². The summed E-state index contributed by atoms with van der Waals surface area (Å²) in [5.41, 5.74) is -2.75. The number of piperazine rings is 1. The minimum absolute atomic E-state index is 0. The number of nitrogens with zero attached hydrogens (tertiary/aromatic N) is 6. The number of amides is 7. The number of carbonyl (C=O) groups excluding carboxylic acids is 8. The summed E-state index contributed by atoms with van der Waals surface area (Å²) >= 11 is 12.7. The van der Waals surface area contributed by atoms with Gasteiger partial charge < -0.3 is 25.4 Å². The summed E-state index contributed by atoms with van der Waals surface area (Å²) in [4.78, 5) is 104. The van der Waals surface area contributed by atoms with Crippen LogP contribution in [-0.2, 0) is 38.4 Å². The number of carboxylic acid groups (broad SMARTS) is 1. The van der Waals surface area contributed by atoms with Gasteiger partial charge in [0.05, 0.1) is 23.1 Å². The molecule has 2 fully saturated rings. The number of thiocarbonyl (C=S) groups is 1. The molecule has 5 rings (SSSR count). The Balaban J connectivity index is 0.00000583. The average Bonchev–Trinajstić information content (AvgIpc) is 3.59. The van der Waals surface area contributed by atoms with Crippen molar-refractivity contribution in [1.82, 2.24) is 40.6 Å². The number of thioether (sulfide) groups is 1. The predicted molar refractivity (Wildman–Crippen MR) is 177 cm³/mol. The van der Waals surface area contributed by atoms with Crippen LogP contribution in [0.3, 0.4) is 0 Å². The second-order valence-corrected chi connectivity index (χ2v) is 13.3. The first kappa shape index (κ1) is 39.8. The Labute approximate surface area is 329 Å². The van der Waals surface area contributed by atoms with Crippen molar-refractivity contribution in [1.29, 1.82) is 0 Å². The monoisotopic (exact) mass is 785 g/mol. The summed E-state index contributed by atoms with van der Waals surface area (Å²) in [6.45, 7) is 1.85. The number of aromatic nitrogens is 2. The van der Waals surface area contributed by atoms with E-state index in [2.05, 4.69) is 26.1 Å². The third-order valence-electron chi connectivity index (χ3n) is 7.82. The first-order chi connectivity index (χ1) is 23.9. The van der Waals surface area contributed by atoms with Gasteiger partial charge in [0.2, 0.25) is 29.5 Å². The van der Waals surface area contributed by atoms with Gasteiger partial charge in [-0.25, -0.2) is 10.0 Å². The molecule has 3 atom stereocenters. The van der Waals surface area contributed by atoms with E-state index < -0.39 is 58.3 Å². The van der Waals surface area contributed by atoms with Crippen LogP contribution < -0.4 is 50.6 Å². The second kappa shape index (κ2) is 16.6. The number of nitrogens with one attached hydrogen (secondary N) is 3. The smallest absolute Gasteiger partial charge is 0.543 e. The summed E-state index contributed by atoms with van der Waals surface area (Å²) in [6.07, 6.45) is 0.329. The molecule has 0 aliphatic carbocycles. The first-order valence-electron chi connectivity index (χ1n) is 14.5. The van der Waals surface area contributed by atoms with Crippen molar-refractivity contribution in [3.8, 4) is 0 Å². The normalized spacial score (nSPS) is 20.3. The Morgan fingerprint density at radius 3 is 2.47 bits per heavy atom. The molecule has 4 heterocycles. The molecule has 2 aromatic rings. The number of rotatable bonds is 14. The van der Waals surface area contributed by atoms with Crippen LogP contribution in [0.5, 0.6) is 0 Å². The van der Waals surface area contributed by atoms with E-state index in [1.165, 1.54) is 17.0 Å². The molecular weight excluding hydrogens is 761 g/mol. The van der Waals surface area contributed by atoms with E-state index in [4.69, 9.17) is 23.8 Å². The SMILES string of the molecule is CCN1CCN(N(C=O)C(C(=O)N[C@]2(NC=O)C(=O)N3C(C(=O)[O-])=C(C(=S)c4nnc(NC(=O)CCl)s4)CS[C@H]32)c2ccccc2)C(=O)C1=O.[Na+]. The number of aliphatic carboxylic acids is 1. The second-order valence-electron chi connectivity index (χ2n) is 10.5. The summed E-state index contributed by atoms with van der Waals surface area (Å²) in [5.74, 6) is -6.98. The van der Waals surface area contributed by atoms with Crippen LogP contribution in [0.15, 0.2) is 41.6 Å². The van der Waals surface area contributed by atoms with Crippen LogP contribution in [0, 0.1) is 0 Å². The average molecular weight is 786 g/mol. The number of hydrogen-bond donors (Lipinski definition) is 3. The van der Waals surface area contributed by atoms with Gasteiger partial charge in [-0.05, 0) is 12.5 Å². The first-order valence-corrected chi connectivity index (χ1v) is 17.3. The van der Waals surface area contributed by atoms with Crippen LogP contribution in [0.2, 0.25) is 0 Å². The summed E-state index contributed by atoms with van der Waals surface area (Å²) < 4.78 is 0. The molecule has 2 saturated heterocycles. The van der Waals surface area contributed by atoms with E-state index in [0.717, 1.165) is 38.0 Å². The number of benzene rings is 1. The fourth-order valence-electron chi connectivity index (χ4n) is 5.51. The molecule has 3 aliphatic rings. The maximum atomic E-state index is 14.2. The molecule has 3 aliphatic heterocycles. The van der Waals surface area contributed by atoms with Crippen molar-refractivity contribution >= 4 is 105 Å². The van der Waals surface area contributed by atoms with Gasteiger partial charge in [-0.2, -0.15) is 0 Å². The molecule has 0 bridgehead atoms. The van der Waals surface area contributed by atoms with E-state index in [-0.39, 0.29) is 99.8 Å². The molecule has 262 valence electrons. The van der Waals surface area contributed by atoms with Crippen LogP contribution in [0.4, 0.5) is 5.13 Å². The molecule has 18 nitrogen and oxygen atoms in total. The number of carboxylic acids is 1. The zero-order valence-corrected chi connectivity index (χ0v) is 31.9. The van der Waals surface area contributed by atoms with Gasteiger partial charge in [0, 0.05) is 24.4 Å². The van der Waals surface area contributed by atoms with E-state index >= 15 is 0 Å². The maximum Gasteiger partial charge on any atom is 1.00 e. The maximum absolute atomic E-state index is 14.2. The number of anilines is 1. The van der Waals surface area contributed by atoms with Crippen LogP contribution in [0.1, 0.15) is 23.5 Å². The summed E-state index contributed by atoms with van der Waals surface area (Å²) in [7, 11) is 0. The number of hydrazine groups is 1. The van der Waals surface area contributed by atoms with Crippen LogP contribution >= 0.6 is 46.9 Å². The van der Waals surface area contributed by atoms with Gasteiger partial charge >= 0.3 is 41.4 Å². The molecule has 7 amide bonds. The van der Waals surface area contributed by atoms with Crippen molar-refractivity contribution in [2.75, 3.05) is 36.6 Å².